The fourth-order valence-electron chi connectivity index (χ4n) is 4.13. The number of nitrogens with one attached hydrogen (secondary N) is 2. The van der Waals surface area contributed by atoms with Crippen LogP contribution in [-0.4, -0.2) is 43.5 Å². The molecule has 2 N–H and O–H groups in total. The molecule has 5 rings (SSSR count). The number of aromatic nitrogens is 5. The Bertz CT molecular complexity index is 1340. The maximum Gasteiger partial charge on any atom is 0.278 e. The number of hydrogen-bond acceptors (Lipinski definition) is 7. The van der Waals surface area contributed by atoms with Gasteiger partial charge < -0.3 is 15.4 Å². The van der Waals surface area contributed by atoms with Crippen molar-refractivity contribution in [3.63, 3.8) is 0 Å². The summed E-state index contributed by atoms with van der Waals surface area (Å²) in [6, 6.07) is 13.6. The molecule has 33 heavy (non-hydrogen) atoms. The third-order valence-electron chi connectivity index (χ3n) is 5.75. The van der Waals surface area contributed by atoms with Crippen LogP contribution >= 0.6 is 0 Å². The Morgan fingerprint density at radius 2 is 1.97 bits per heavy atom. The molecule has 0 unspecified atom stereocenters. The molecule has 1 fully saturated rings. The van der Waals surface area contributed by atoms with Gasteiger partial charge in [-0.2, -0.15) is 9.97 Å². The summed E-state index contributed by atoms with van der Waals surface area (Å²) in [6.07, 6.45) is 3.59. The van der Waals surface area contributed by atoms with Gasteiger partial charge >= 0.3 is 0 Å². The lowest BCUT2D eigenvalue weighted by atomic mass is 10.1. The Morgan fingerprint density at radius 3 is 2.76 bits per heavy atom. The molecule has 1 aromatic carbocycles. The van der Waals surface area contributed by atoms with Crippen molar-refractivity contribution >= 4 is 22.7 Å². The average molecular weight is 446 g/mol. The molecule has 3 aromatic heterocycles. The van der Waals surface area contributed by atoms with E-state index in [1.165, 1.54) is 0 Å². The molecule has 4 heterocycles. The lowest BCUT2D eigenvalue weighted by molar-refractivity contribution is 0.156. The number of nitrogens with zero attached hydrogens (tertiary/aromatic N) is 5. The summed E-state index contributed by atoms with van der Waals surface area (Å²) < 4.78 is 9.49. The van der Waals surface area contributed by atoms with E-state index in [4.69, 9.17) is 9.72 Å². The monoisotopic (exact) mass is 445 g/mol. The molecule has 0 spiro atoms. The Balaban J connectivity index is 1.55. The van der Waals surface area contributed by atoms with Crippen molar-refractivity contribution in [2.24, 2.45) is 0 Å². The van der Waals surface area contributed by atoms with Crippen LogP contribution in [0.15, 0.2) is 53.5 Å². The third-order valence-corrected chi connectivity index (χ3v) is 5.75. The summed E-state index contributed by atoms with van der Waals surface area (Å²) in [6.45, 7) is 6.30. The second kappa shape index (κ2) is 9.03. The Kier molecular flexibility index (Phi) is 5.78. The van der Waals surface area contributed by atoms with Crippen LogP contribution in [0, 0.1) is 6.92 Å². The van der Waals surface area contributed by atoms with Crippen molar-refractivity contribution in [2.45, 2.75) is 39.3 Å². The molecule has 1 aliphatic heterocycles. The Hall–Kier alpha value is -3.72. The van der Waals surface area contributed by atoms with Gasteiger partial charge in [0.05, 0.1) is 0 Å². The first-order valence-corrected chi connectivity index (χ1v) is 11.3. The second-order valence-electron chi connectivity index (χ2n) is 8.16. The number of ether oxygens (including phenoxy) is 1. The highest BCUT2D eigenvalue weighted by atomic mass is 16.5. The van der Waals surface area contributed by atoms with Crippen molar-refractivity contribution in [1.82, 2.24) is 29.6 Å². The molecule has 0 radical (unpaired) electrons. The van der Waals surface area contributed by atoms with Crippen LogP contribution in [0.3, 0.4) is 0 Å². The topological polar surface area (TPSA) is 98.9 Å². The summed E-state index contributed by atoms with van der Waals surface area (Å²) in [7, 11) is 0. The summed E-state index contributed by atoms with van der Waals surface area (Å²) in [5.74, 6) is 1.54. The van der Waals surface area contributed by atoms with Crippen molar-refractivity contribution in [2.75, 3.05) is 18.4 Å². The third kappa shape index (κ3) is 4.31. The number of fused-ring (bicyclic) bond motifs is 1. The molecular formula is C24H27N7O2. The maximum absolute atomic E-state index is 13.0. The van der Waals surface area contributed by atoms with Gasteiger partial charge in [-0.25, -0.2) is 14.3 Å². The zero-order valence-electron chi connectivity index (χ0n) is 18.8. The van der Waals surface area contributed by atoms with Crippen LogP contribution in [0.2, 0.25) is 0 Å². The van der Waals surface area contributed by atoms with E-state index < -0.39 is 0 Å². The summed E-state index contributed by atoms with van der Waals surface area (Å²) in [5, 5.41) is 7.01. The van der Waals surface area contributed by atoms with Gasteiger partial charge in [0.15, 0.2) is 11.5 Å². The van der Waals surface area contributed by atoms with E-state index in [-0.39, 0.29) is 11.7 Å². The molecule has 170 valence electrons. The van der Waals surface area contributed by atoms with E-state index in [1.54, 1.807) is 15.6 Å². The summed E-state index contributed by atoms with van der Waals surface area (Å²) >= 11 is 0. The van der Waals surface area contributed by atoms with Gasteiger partial charge in [-0.05, 0) is 63.5 Å². The van der Waals surface area contributed by atoms with E-state index in [1.807, 2.05) is 56.3 Å². The molecule has 0 atom stereocenters. The van der Waals surface area contributed by atoms with Crippen molar-refractivity contribution in [3.05, 3.63) is 64.6 Å². The first kappa shape index (κ1) is 21.1. The van der Waals surface area contributed by atoms with Gasteiger partial charge in [0.2, 0.25) is 11.8 Å². The minimum absolute atomic E-state index is 0.135. The van der Waals surface area contributed by atoms with Crippen molar-refractivity contribution < 1.29 is 4.74 Å². The first-order valence-electron chi connectivity index (χ1n) is 11.3. The standard InChI is InChI=1S/C24H27N7O2/c1-3-30-23(32)19-15-26-24(27-17-7-4-6-16(2)14-17)29-22(19)31(30)20-8-5-9-21(28-20)33-18-10-12-25-13-11-18/h4-9,14-15,18,25H,3,10-13H2,1-2H3,(H,26,27,29). The predicted octanol–water partition coefficient (Wildman–Crippen LogP) is 3.18. The first-order chi connectivity index (χ1) is 16.1. The zero-order valence-corrected chi connectivity index (χ0v) is 18.8. The SMILES string of the molecule is CCn1c(=O)c2cnc(Nc3cccc(C)c3)nc2n1-c1cccc(OC2CCNCC2)n1. The van der Waals surface area contributed by atoms with Crippen molar-refractivity contribution in [1.29, 1.82) is 0 Å². The fourth-order valence-corrected chi connectivity index (χ4v) is 4.13. The second-order valence-corrected chi connectivity index (χ2v) is 8.16. The highest BCUT2D eigenvalue weighted by molar-refractivity contribution is 5.77. The highest BCUT2D eigenvalue weighted by Gasteiger charge is 2.19. The van der Waals surface area contributed by atoms with E-state index >= 15 is 0 Å². The molecule has 9 heteroatoms. The molecular weight excluding hydrogens is 418 g/mol. The van der Waals surface area contributed by atoms with Crippen LogP contribution < -0.4 is 20.9 Å². The minimum atomic E-state index is -0.152. The molecule has 0 saturated carbocycles. The van der Waals surface area contributed by atoms with Crippen LogP contribution in [-0.2, 0) is 6.54 Å². The largest absolute Gasteiger partial charge is 0.474 e. The molecule has 9 nitrogen and oxygen atoms in total. The number of benzene rings is 1. The number of piperidine rings is 1. The van der Waals surface area contributed by atoms with Gasteiger partial charge in [0, 0.05) is 24.5 Å². The molecule has 4 aromatic rings. The zero-order chi connectivity index (χ0) is 22.8. The minimum Gasteiger partial charge on any atom is -0.474 e. The van der Waals surface area contributed by atoms with Gasteiger partial charge in [-0.1, -0.05) is 18.2 Å². The van der Waals surface area contributed by atoms with E-state index in [0.29, 0.717) is 35.2 Å². The molecule has 1 aliphatic rings. The fraction of sp³-hybridized carbons (Fsp3) is 0.333. The van der Waals surface area contributed by atoms with Gasteiger partial charge in [0.1, 0.15) is 11.5 Å². The van der Waals surface area contributed by atoms with Crippen molar-refractivity contribution in [3.8, 4) is 11.7 Å². The van der Waals surface area contributed by atoms with Gasteiger partial charge in [-0.3, -0.25) is 4.79 Å². The highest BCUT2D eigenvalue weighted by Crippen LogP contribution is 2.21. The molecule has 0 bridgehead atoms. The summed E-state index contributed by atoms with van der Waals surface area (Å²) in [5.41, 5.74) is 2.36. The van der Waals surface area contributed by atoms with E-state index in [0.717, 1.165) is 37.2 Å². The van der Waals surface area contributed by atoms with Crippen LogP contribution in [0.1, 0.15) is 25.3 Å². The lowest BCUT2D eigenvalue weighted by Crippen LogP contribution is -2.34. The number of pyridine rings is 1. The lowest BCUT2D eigenvalue weighted by Gasteiger charge is -2.23. The normalized spacial score (nSPS) is 14.5. The van der Waals surface area contributed by atoms with E-state index in [9.17, 15) is 4.79 Å². The quantitative estimate of drug-likeness (QED) is 0.470. The molecule has 1 saturated heterocycles. The number of rotatable bonds is 6. The average Bonchev–Trinajstić information content (AvgIpc) is 3.11. The van der Waals surface area contributed by atoms with Crippen LogP contribution in [0.25, 0.3) is 16.9 Å². The number of aryl methyl sites for hydroxylation is 1. The number of anilines is 2. The van der Waals surface area contributed by atoms with Crippen LogP contribution in [0.4, 0.5) is 11.6 Å². The van der Waals surface area contributed by atoms with Gasteiger partial charge in [-0.15, -0.1) is 0 Å². The number of hydrogen-bond donors (Lipinski definition) is 2. The van der Waals surface area contributed by atoms with Gasteiger partial charge in [0.25, 0.3) is 5.56 Å². The predicted molar refractivity (Wildman–Crippen MR) is 128 cm³/mol. The van der Waals surface area contributed by atoms with E-state index in [2.05, 4.69) is 20.6 Å². The Labute approximate surface area is 191 Å². The Morgan fingerprint density at radius 1 is 1.15 bits per heavy atom. The summed E-state index contributed by atoms with van der Waals surface area (Å²) in [4.78, 5) is 26.8. The van der Waals surface area contributed by atoms with Crippen LogP contribution in [0.5, 0.6) is 5.88 Å². The molecule has 0 amide bonds. The maximum atomic E-state index is 13.0. The molecule has 0 aliphatic carbocycles. The smallest absolute Gasteiger partial charge is 0.278 e.